The van der Waals surface area contributed by atoms with Gasteiger partial charge in [-0.1, -0.05) is 13.8 Å². The van der Waals surface area contributed by atoms with Crippen LogP contribution in [0.1, 0.15) is 48.5 Å². The minimum atomic E-state index is -0.274. The van der Waals surface area contributed by atoms with Crippen molar-refractivity contribution in [1.29, 1.82) is 0 Å². The Kier molecular flexibility index (Phi) is 4.90. The summed E-state index contributed by atoms with van der Waals surface area (Å²) in [5.74, 6) is 0.647. The summed E-state index contributed by atoms with van der Waals surface area (Å²) in [7, 11) is -0.202. The van der Waals surface area contributed by atoms with Crippen LogP contribution in [-0.4, -0.2) is 24.9 Å². The molecule has 0 aromatic rings. The molecule has 1 saturated heterocycles. The van der Waals surface area contributed by atoms with Gasteiger partial charge >= 0.3 is 7.12 Å². The van der Waals surface area contributed by atoms with Gasteiger partial charge in [0, 0.05) is 5.82 Å². The van der Waals surface area contributed by atoms with E-state index in [4.69, 9.17) is 14.0 Å². The van der Waals surface area contributed by atoms with Crippen LogP contribution >= 0.6 is 0 Å². The Morgan fingerprint density at radius 1 is 1.11 bits per heavy atom. The fourth-order valence-corrected chi connectivity index (χ4v) is 1.92. The standard InChI is InChI=1S/C14H27BO3/c1-8-16-10-9-12(11(2)3)15-17-13(4,5)14(6,7)18-15/h9-12H,8H2,1-7H3/b10-9+. The highest BCUT2D eigenvalue weighted by Crippen LogP contribution is 2.42. The molecule has 104 valence electrons. The van der Waals surface area contributed by atoms with Crippen LogP contribution < -0.4 is 0 Å². The number of hydrogen-bond donors (Lipinski definition) is 0. The second-order valence-electron chi connectivity index (χ2n) is 6.23. The Labute approximate surface area is 112 Å². The first-order valence-electron chi connectivity index (χ1n) is 6.85. The Balaban J connectivity index is 2.78. The van der Waals surface area contributed by atoms with Gasteiger partial charge in [-0.15, -0.1) is 0 Å². The van der Waals surface area contributed by atoms with E-state index < -0.39 is 0 Å². The molecule has 1 rings (SSSR count). The van der Waals surface area contributed by atoms with Gasteiger partial charge in [-0.25, -0.2) is 0 Å². The number of ether oxygens (including phenoxy) is 1. The minimum Gasteiger partial charge on any atom is -0.502 e. The fourth-order valence-electron chi connectivity index (χ4n) is 1.92. The van der Waals surface area contributed by atoms with E-state index in [1.807, 2.05) is 6.92 Å². The summed E-state index contributed by atoms with van der Waals surface area (Å²) in [4.78, 5) is 0. The van der Waals surface area contributed by atoms with Crippen LogP contribution in [0.5, 0.6) is 0 Å². The minimum absolute atomic E-state index is 0.202. The molecule has 0 bridgehead atoms. The molecule has 0 saturated carbocycles. The molecule has 0 aromatic carbocycles. The summed E-state index contributed by atoms with van der Waals surface area (Å²) in [6, 6.07) is 0. The number of allylic oxidation sites excluding steroid dienone is 1. The fraction of sp³-hybridized carbons (Fsp3) is 0.857. The molecule has 1 unspecified atom stereocenters. The van der Waals surface area contributed by atoms with E-state index in [1.54, 1.807) is 6.26 Å². The molecule has 0 radical (unpaired) electrons. The zero-order valence-electron chi connectivity index (χ0n) is 12.8. The zero-order chi connectivity index (χ0) is 14.0. The van der Waals surface area contributed by atoms with Crippen molar-refractivity contribution < 1.29 is 14.0 Å². The molecular formula is C14H27BO3. The zero-order valence-corrected chi connectivity index (χ0v) is 12.8. The summed E-state index contributed by atoms with van der Waals surface area (Å²) in [6.45, 7) is 15.3. The smallest absolute Gasteiger partial charge is 0.465 e. The summed E-state index contributed by atoms with van der Waals surface area (Å²) in [5.41, 5.74) is -0.547. The van der Waals surface area contributed by atoms with E-state index in [0.29, 0.717) is 12.5 Å². The molecule has 3 nitrogen and oxygen atoms in total. The van der Waals surface area contributed by atoms with Crippen LogP contribution in [0.25, 0.3) is 0 Å². The third kappa shape index (κ3) is 3.30. The monoisotopic (exact) mass is 254 g/mol. The van der Waals surface area contributed by atoms with Crippen molar-refractivity contribution in [2.45, 2.75) is 65.5 Å². The lowest BCUT2D eigenvalue weighted by molar-refractivity contribution is 0.00578. The Hall–Kier alpha value is -0.475. The summed E-state index contributed by atoms with van der Waals surface area (Å²) < 4.78 is 17.5. The van der Waals surface area contributed by atoms with Gasteiger partial charge in [0.1, 0.15) is 0 Å². The molecule has 0 spiro atoms. The summed E-state index contributed by atoms with van der Waals surface area (Å²) in [5, 5.41) is 0. The average Bonchev–Trinajstić information content (AvgIpc) is 2.42. The first-order valence-corrected chi connectivity index (χ1v) is 6.85. The van der Waals surface area contributed by atoms with Gasteiger partial charge in [0.15, 0.2) is 0 Å². The third-order valence-corrected chi connectivity index (χ3v) is 3.92. The van der Waals surface area contributed by atoms with E-state index >= 15 is 0 Å². The second-order valence-corrected chi connectivity index (χ2v) is 6.23. The van der Waals surface area contributed by atoms with E-state index in [2.05, 4.69) is 47.6 Å². The van der Waals surface area contributed by atoms with Crippen LogP contribution in [0.15, 0.2) is 12.3 Å². The normalized spacial score (nSPS) is 23.9. The molecule has 1 aliphatic rings. The van der Waals surface area contributed by atoms with E-state index in [-0.39, 0.29) is 24.1 Å². The van der Waals surface area contributed by atoms with Gasteiger partial charge in [-0.2, -0.15) is 0 Å². The highest BCUT2D eigenvalue weighted by molar-refractivity contribution is 6.48. The lowest BCUT2D eigenvalue weighted by Gasteiger charge is -2.32. The summed E-state index contributed by atoms with van der Waals surface area (Å²) >= 11 is 0. The predicted octanol–water partition coefficient (Wildman–Crippen LogP) is 3.66. The van der Waals surface area contributed by atoms with Crippen molar-refractivity contribution in [2.75, 3.05) is 6.61 Å². The van der Waals surface area contributed by atoms with Crippen molar-refractivity contribution in [3.63, 3.8) is 0 Å². The van der Waals surface area contributed by atoms with Gasteiger partial charge in [-0.3, -0.25) is 0 Å². The van der Waals surface area contributed by atoms with Crippen molar-refractivity contribution in [2.24, 2.45) is 5.92 Å². The Bertz CT molecular complexity index is 281. The van der Waals surface area contributed by atoms with Gasteiger partial charge in [0.2, 0.25) is 0 Å². The van der Waals surface area contributed by atoms with E-state index in [0.717, 1.165) is 0 Å². The first kappa shape index (κ1) is 15.6. The van der Waals surface area contributed by atoms with Crippen molar-refractivity contribution in [3.05, 3.63) is 12.3 Å². The number of rotatable bonds is 5. The third-order valence-electron chi connectivity index (χ3n) is 3.92. The molecule has 0 N–H and O–H groups in total. The second kappa shape index (κ2) is 5.66. The van der Waals surface area contributed by atoms with Crippen LogP contribution in [0.2, 0.25) is 5.82 Å². The molecule has 0 aliphatic carbocycles. The predicted molar refractivity (Wildman–Crippen MR) is 75.4 cm³/mol. The highest BCUT2D eigenvalue weighted by Gasteiger charge is 2.53. The molecule has 18 heavy (non-hydrogen) atoms. The molecule has 4 heteroatoms. The molecule has 1 fully saturated rings. The maximum atomic E-state index is 6.09. The van der Waals surface area contributed by atoms with Crippen LogP contribution in [0.3, 0.4) is 0 Å². The van der Waals surface area contributed by atoms with Crippen molar-refractivity contribution in [3.8, 4) is 0 Å². The molecule has 1 aliphatic heterocycles. The Morgan fingerprint density at radius 2 is 1.61 bits per heavy atom. The molecule has 1 atom stereocenters. The van der Waals surface area contributed by atoms with Gasteiger partial charge < -0.3 is 14.0 Å². The van der Waals surface area contributed by atoms with E-state index in [9.17, 15) is 0 Å². The van der Waals surface area contributed by atoms with Crippen molar-refractivity contribution in [1.82, 2.24) is 0 Å². The van der Waals surface area contributed by atoms with Gasteiger partial charge in [0.25, 0.3) is 0 Å². The molecular weight excluding hydrogens is 227 g/mol. The lowest BCUT2D eigenvalue weighted by Crippen LogP contribution is -2.41. The molecule has 0 amide bonds. The van der Waals surface area contributed by atoms with Crippen LogP contribution in [0, 0.1) is 5.92 Å². The number of hydrogen-bond acceptors (Lipinski definition) is 3. The van der Waals surface area contributed by atoms with Crippen LogP contribution in [0.4, 0.5) is 0 Å². The molecule has 0 aromatic heterocycles. The van der Waals surface area contributed by atoms with Crippen LogP contribution in [-0.2, 0) is 14.0 Å². The summed E-state index contributed by atoms with van der Waals surface area (Å²) in [6.07, 6.45) is 3.81. The highest BCUT2D eigenvalue weighted by atomic mass is 16.7. The quantitative estimate of drug-likeness (QED) is 0.553. The maximum Gasteiger partial charge on any atom is 0.465 e. The SMILES string of the molecule is CCO/C=C/C(B1OC(C)(C)C(C)(C)O1)C(C)C. The Morgan fingerprint density at radius 3 is 2.00 bits per heavy atom. The van der Waals surface area contributed by atoms with Crippen molar-refractivity contribution >= 4 is 7.12 Å². The van der Waals surface area contributed by atoms with Gasteiger partial charge in [0.05, 0.1) is 24.1 Å². The first-order chi connectivity index (χ1) is 8.21. The topological polar surface area (TPSA) is 27.7 Å². The van der Waals surface area contributed by atoms with E-state index in [1.165, 1.54) is 0 Å². The largest absolute Gasteiger partial charge is 0.502 e. The molecule has 1 heterocycles. The average molecular weight is 254 g/mol. The lowest BCUT2D eigenvalue weighted by atomic mass is 9.66. The maximum absolute atomic E-state index is 6.09. The van der Waals surface area contributed by atoms with Gasteiger partial charge in [-0.05, 0) is 46.6 Å².